The maximum Gasteiger partial charge on any atom is 0.0960 e. The Balaban J connectivity index is 2.46. The molecule has 0 saturated carbocycles. The molecule has 1 N–H and O–H groups in total. The molecule has 1 heterocycles. The summed E-state index contributed by atoms with van der Waals surface area (Å²) in [6, 6.07) is 0. The Morgan fingerprint density at radius 2 is 2.38 bits per heavy atom. The van der Waals surface area contributed by atoms with Gasteiger partial charge in [-0.3, -0.25) is 5.21 Å². The Morgan fingerprint density at radius 3 is 3.25 bits per heavy atom. The van der Waals surface area contributed by atoms with Crippen LogP contribution in [-0.4, -0.2) is 17.0 Å². The predicted molar refractivity (Wildman–Crippen MR) is 27.9 cm³/mol. The smallest absolute Gasteiger partial charge is 0.0960 e. The largest absolute Gasteiger partial charge is 0.264 e. The van der Waals surface area contributed by atoms with Gasteiger partial charge in [-0.2, -0.15) is 0 Å². The van der Waals surface area contributed by atoms with Gasteiger partial charge in [-0.05, 0) is 6.08 Å². The zero-order chi connectivity index (χ0) is 5.82. The third-order valence-corrected chi connectivity index (χ3v) is 0.764. The normalized spacial score (nSPS) is 18.9. The fourth-order valence-electron chi connectivity index (χ4n) is 0.420. The lowest BCUT2D eigenvalue weighted by molar-refractivity contribution is -0.298. The summed E-state index contributed by atoms with van der Waals surface area (Å²) < 4.78 is 0. The van der Waals surface area contributed by atoms with Crippen LogP contribution in [0.2, 0.25) is 0 Å². The SMILES string of the molecule is ON1C=CC=CCO1. The van der Waals surface area contributed by atoms with Crippen LogP contribution in [0, 0.1) is 0 Å². The first-order valence-corrected chi connectivity index (χ1v) is 2.34. The van der Waals surface area contributed by atoms with E-state index in [1.807, 2.05) is 0 Å². The van der Waals surface area contributed by atoms with E-state index in [1.165, 1.54) is 6.20 Å². The van der Waals surface area contributed by atoms with Crippen molar-refractivity contribution in [1.29, 1.82) is 0 Å². The molecule has 0 atom stereocenters. The number of allylic oxidation sites excluding steroid dienone is 2. The second kappa shape index (κ2) is 2.49. The molecule has 0 spiro atoms. The first kappa shape index (κ1) is 5.34. The molecule has 0 aromatic heterocycles. The van der Waals surface area contributed by atoms with E-state index >= 15 is 0 Å². The molecule has 8 heavy (non-hydrogen) atoms. The van der Waals surface area contributed by atoms with Crippen LogP contribution in [0.4, 0.5) is 0 Å². The molecule has 0 unspecified atom stereocenters. The minimum Gasteiger partial charge on any atom is -0.264 e. The highest BCUT2D eigenvalue weighted by Gasteiger charge is 1.90. The molecule has 0 saturated heterocycles. The summed E-state index contributed by atoms with van der Waals surface area (Å²) in [4.78, 5) is 4.62. The van der Waals surface area contributed by atoms with E-state index in [-0.39, 0.29) is 0 Å². The van der Waals surface area contributed by atoms with E-state index in [0.29, 0.717) is 11.8 Å². The topological polar surface area (TPSA) is 32.7 Å². The van der Waals surface area contributed by atoms with Crippen LogP contribution in [-0.2, 0) is 4.84 Å². The van der Waals surface area contributed by atoms with Crippen LogP contribution >= 0.6 is 0 Å². The van der Waals surface area contributed by atoms with Gasteiger partial charge < -0.3 is 0 Å². The van der Waals surface area contributed by atoms with Crippen molar-refractivity contribution in [3.8, 4) is 0 Å². The molecule has 1 aliphatic heterocycles. The summed E-state index contributed by atoms with van der Waals surface area (Å²) in [6.07, 6.45) is 6.71. The van der Waals surface area contributed by atoms with Gasteiger partial charge in [0.2, 0.25) is 0 Å². The number of nitrogens with zero attached hydrogens (tertiary/aromatic N) is 1. The average molecular weight is 113 g/mol. The number of hydrogen-bond acceptors (Lipinski definition) is 3. The van der Waals surface area contributed by atoms with E-state index in [1.54, 1.807) is 18.2 Å². The molecule has 0 radical (unpaired) electrons. The minimum atomic E-state index is 0.420. The van der Waals surface area contributed by atoms with Gasteiger partial charge in [0.15, 0.2) is 0 Å². The molecule has 1 rings (SSSR count). The van der Waals surface area contributed by atoms with Crippen molar-refractivity contribution in [2.45, 2.75) is 0 Å². The zero-order valence-corrected chi connectivity index (χ0v) is 4.32. The van der Waals surface area contributed by atoms with Crippen LogP contribution < -0.4 is 0 Å². The minimum absolute atomic E-state index is 0.420. The molecular formula is C5H7NO2. The van der Waals surface area contributed by atoms with Crippen LogP contribution in [0.15, 0.2) is 24.4 Å². The first-order valence-electron chi connectivity index (χ1n) is 2.34. The Morgan fingerprint density at radius 1 is 1.50 bits per heavy atom. The lowest BCUT2D eigenvalue weighted by atomic mass is 10.5. The van der Waals surface area contributed by atoms with E-state index in [9.17, 15) is 0 Å². The van der Waals surface area contributed by atoms with Crippen molar-refractivity contribution in [3.05, 3.63) is 24.4 Å². The van der Waals surface area contributed by atoms with Crippen LogP contribution in [0.3, 0.4) is 0 Å². The molecule has 0 fully saturated rings. The zero-order valence-electron chi connectivity index (χ0n) is 4.32. The Labute approximate surface area is 47.4 Å². The van der Waals surface area contributed by atoms with E-state index in [2.05, 4.69) is 4.84 Å². The molecule has 44 valence electrons. The Kier molecular flexibility index (Phi) is 1.66. The van der Waals surface area contributed by atoms with E-state index < -0.39 is 0 Å². The van der Waals surface area contributed by atoms with Crippen LogP contribution in [0.5, 0.6) is 0 Å². The van der Waals surface area contributed by atoms with Crippen molar-refractivity contribution in [2.24, 2.45) is 0 Å². The Bertz CT molecular complexity index is 120. The summed E-state index contributed by atoms with van der Waals surface area (Å²) in [5.74, 6) is 0. The van der Waals surface area contributed by atoms with Gasteiger partial charge in [0, 0.05) is 0 Å². The van der Waals surface area contributed by atoms with Gasteiger partial charge in [-0.25, -0.2) is 4.84 Å². The highest BCUT2D eigenvalue weighted by atomic mass is 16.9. The van der Waals surface area contributed by atoms with Gasteiger partial charge in [0.1, 0.15) is 0 Å². The van der Waals surface area contributed by atoms with Crippen LogP contribution in [0.1, 0.15) is 0 Å². The molecular weight excluding hydrogens is 106 g/mol. The number of hydrogen-bond donors (Lipinski definition) is 1. The lowest BCUT2D eigenvalue weighted by Crippen LogP contribution is -2.10. The fourth-order valence-corrected chi connectivity index (χ4v) is 0.420. The predicted octanol–water partition coefficient (Wildman–Crippen LogP) is 0.693. The average Bonchev–Trinajstić information content (AvgIpc) is 1.94. The van der Waals surface area contributed by atoms with Gasteiger partial charge in [-0.15, -0.1) is 5.23 Å². The molecule has 3 nitrogen and oxygen atoms in total. The highest BCUT2D eigenvalue weighted by Crippen LogP contribution is 1.92. The highest BCUT2D eigenvalue weighted by molar-refractivity contribution is 5.01. The number of hydroxylamine groups is 2. The molecule has 0 aromatic rings. The summed E-state index contributed by atoms with van der Waals surface area (Å²) in [5, 5.41) is 9.25. The third kappa shape index (κ3) is 1.36. The molecule has 0 aliphatic carbocycles. The summed E-state index contributed by atoms with van der Waals surface area (Å²) in [7, 11) is 0. The van der Waals surface area contributed by atoms with Gasteiger partial charge in [0.05, 0.1) is 12.8 Å². The van der Waals surface area contributed by atoms with Crippen molar-refractivity contribution in [1.82, 2.24) is 5.23 Å². The van der Waals surface area contributed by atoms with Crippen molar-refractivity contribution >= 4 is 0 Å². The summed E-state index contributed by atoms with van der Waals surface area (Å²) >= 11 is 0. The van der Waals surface area contributed by atoms with Gasteiger partial charge in [-0.1, -0.05) is 12.2 Å². The number of rotatable bonds is 0. The molecule has 0 bridgehead atoms. The summed E-state index contributed by atoms with van der Waals surface area (Å²) in [6.45, 7) is 0.420. The maximum atomic E-state index is 8.57. The fraction of sp³-hybridized carbons (Fsp3) is 0.200. The molecule has 3 heteroatoms. The van der Waals surface area contributed by atoms with Crippen molar-refractivity contribution in [2.75, 3.05) is 6.61 Å². The quantitative estimate of drug-likeness (QED) is 0.501. The third-order valence-electron chi connectivity index (χ3n) is 0.764. The van der Waals surface area contributed by atoms with Crippen LogP contribution in [0.25, 0.3) is 0 Å². The van der Waals surface area contributed by atoms with E-state index in [4.69, 9.17) is 5.21 Å². The van der Waals surface area contributed by atoms with E-state index in [0.717, 1.165) is 0 Å². The Hall–Kier alpha value is -0.800. The monoisotopic (exact) mass is 113 g/mol. The molecule has 1 aliphatic rings. The molecule has 0 aromatic carbocycles. The standard InChI is InChI=1S/C5H7NO2/c7-6-4-2-1-3-5-8-6/h1-4,7H,5H2. The van der Waals surface area contributed by atoms with Crippen molar-refractivity contribution < 1.29 is 10.0 Å². The second-order valence-electron chi connectivity index (χ2n) is 1.37. The molecule has 0 amide bonds. The lowest BCUT2D eigenvalue weighted by Gasteiger charge is -2.06. The van der Waals surface area contributed by atoms with Gasteiger partial charge in [0.25, 0.3) is 0 Å². The second-order valence-corrected chi connectivity index (χ2v) is 1.37. The van der Waals surface area contributed by atoms with Crippen molar-refractivity contribution in [3.63, 3.8) is 0 Å². The van der Waals surface area contributed by atoms with Gasteiger partial charge >= 0.3 is 0 Å². The summed E-state index contributed by atoms with van der Waals surface area (Å²) in [5.41, 5.74) is 0. The maximum absolute atomic E-state index is 8.57. The first-order chi connectivity index (χ1) is 3.89.